The second-order valence-corrected chi connectivity index (χ2v) is 19.3. The van der Waals surface area contributed by atoms with E-state index in [1.54, 1.807) is 77.9 Å². The second-order valence-electron chi connectivity index (χ2n) is 18.1. The summed E-state index contributed by atoms with van der Waals surface area (Å²) >= 11 is 1.50. The molecule has 69 heavy (non-hydrogen) atoms. The molecule has 15 nitrogen and oxygen atoms in total. The van der Waals surface area contributed by atoms with E-state index in [-0.39, 0.29) is 37.4 Å². The summed E-state index contributed by atoms with van der Waals surface area (Å²) < 4.78 is 15.4. The molecule has 0 heterocycles. The van der Waals surface area contributed by atoms with E-state index in [1.165, 1.54) is 28.8 Å². The highest BCUT2D eigenvalue weighted by Crippen LogP contribution is 2.49. The number of amides is 5. The number of rotatable bonds is 21. The first-order valence-corrected chi connectivity index (χ1v) is 23.5. The number of hydrogen-bond acceptors (Lipinski definition) is 10. The SMILES string of the molecule is CC(C)(C)OC(=O)NC(CCNC(=O)Oc1ccc(CC(NC(=O)OC(C)(C)C)C(=O)O)cc1)CN(C=O)C(CSC(c1ccccc1)(c1ccccc1)c1ccccc1)C(=O)Nc1ccccc1. The molecule has 0 saturated heterocycles. The molecule has 0 aliphatic heterocycles. The van der Waals surface area contributed by atoms with Crippen molar-refractivity contribution in [2.24, 2.45) is 0 Å². The maximum atomic E-state index is 14.5. The molecule has 0 spiro atoms. The number of carboxylic acid groups (broad SMARTS) is 1. The number of carbonyl (C=O) groups is 6. The fourth-order valence-corrected chi connectivity index (χ4v) is 8.95. The van der Waals surface area contributed by atoms with Crippen LogP contribution in [0.4, 0.5) is 20.1 Å². The number of hydrogen-bond donors (Lipinski definition) is 5. The number of ether oxygens (including phenoxy) is 3. The van der Waals surface area contributed by atoms with Crippen molar-refractivity contribution in [1.29, 1.82) is 0 Å². The summed E-state index contributed by atoms with van der Waals surface area (Å²) in [6.07, 6.45) is -1.84. The Hall–Kier alpha value is -7.33. The van der Waals surface area contributed by atoms with E-state index < -0.39 is 64.2 Å². The van der Waals surface area contributed by atoms with Crippen LogP contribution >= 0.6 is 11.8 Å². The van der Waals surface area contributed by atoms with Gasteiger partial charge in [0.05, 0.1) is 10.8 Å². The molecule has 5 N–H and O–H groups in total. The topological polar surface area (TPSA) is 202 Å². The van der Waals surface area contributed by atoms with E-state index in [9.17, 15) is 33.9 Å². The van der Waals surface area contributed by atoms with Crippen LogP contribution in [-0.2, 0) is 35.0 Å². The number of benzene rings is 5. The van der Waals surface area contributed by atoms with Crippen LogP contribution in [-0.4, -0.2) is 94.7 Å². The minimum absolute atomic E-state index is 0.0323. The smallest absolute Gasteiger partial charge is 0.412 e. The van der Waals surface area contributed by atoms with Crippen LogP contribution < -0.4 is 26.0 Å². The molecule has 3 unspecified atom stereocenters. The molecule has 5 rings (SSSR count). The maximum absolute atomic E-state index is 14.5. The van der Waals surface area contributed by atoms with Gasteiger partial charge in [-0.25, -0.2) is 19.2 Å². The van der Waals surface area contributed by atoms with Gasteiger partial charge in [-0.3, -0.25) is 9.59 Å². The van der Waals surface area contributed by atoms with Gasteiger partial charge < -0.3 is 45.5 Å². The molecule has 0 aliphatic rings. The fraction of sp³-hybridized carbons (Fsp3) is 0.321. The van der Waals surface area contributed by atoms with Gasteiger partial charge in [-0.15, -0.1) is 11.8 Å². The fourth-order valence-electron chi connectivity index (χ4n) is 7.29. The Labute approximate surface area is 407 Å². The molecule has 5 amide bonds. The first-order chi connectivity index (χ1) is 32.8. The number of para-hydroxylation sites is 1. The van der Waals surface area contributed by atoms with Crippen LogP contribution in [0.25, 0.3) is 0 Å². The number of alkyl carbamates (subject to hydrolysis) is 2. The standard InChI is InChI=1S/C53H61N5O10S/c1-51(2,3)67-49(64)56-42(31-32-54-48(63)66-43-29-27-37(28-30-43)33-44(47(61)62)57-50(65)68-52(4,5)6)34-58(36-59)45(46(60)55-41-25-17-10-18-26-41)35-69-53(38-19-11-7-12-20-38,39-21-13-8-14-22-39)40-23-15-9-16-24-40/h7-30,36,42,44-45H,31-35H2,1-6H3,(H,54,63)(H,55,60)(H,56,64)(H,57,65)(H,61,62). The lowest BCUT2D eigenvalue weighted by Crippen LogP contribution is -2.53. The summed E-state index contributed by atoms with van der Waals surface area (Å²) in [5.74, 6) is -1.44. The number of thioether (sulfide) groups is 1. The van der Waals surface area contributed by atoms with Crippen molar-refractivity contribution in [1.82, 2.24) is 20.9 Å². The summed E-state index contributed by atoms with van der Waals surface area (Å²) in [7, 11) is 0. The third-order valence-electron chi connectivity index (χ3n) is 10.4. The van der Waals surface area contributed by atoms with E-state index in [2.05, 4.69) is 21.3 Å². The lowest BCUT2D eigenvalue weighted by molar-refractivity contribution is -0.139. The molecular formula is C53H61N5O10S. The normalized spacial score (nSPS) is 12.8. The van der Waals surface area contributed by atoms with Crippen LogP contribution in [0.1, 0.15) is 70.2 Å². The average Bonchev–Trinajstić information content (AvgIpc) is 3.30. The van der Waals surface area contributed by atoms with Gasteiger partial charge in [-0.1, -0.05) is 121 Å². The molecule has 0 radical (unpaired) electrons. The Balaban J connectivity index is 1.36. The monoisotopic (exact) mass is 959 g/mol. The lowest BCUT2D eigenvalue weighted by Gasteiger charge is -2.38. The third-order valence-corrected chi connectivity index (χ3v) is 12.0. The molecule has 5 aromatic rings. The number of nitrogens with zero attached hydrogens (tertiary/aromatic N) is 1. The Morgan fingerprint density at radius 3 is 1.59 bits per heavy atom. The molecule has 0 saturated carbocycles. The average molecular weight is 960 g/mol. The number of aliphatic carboxylic acids is 1. The molecule has 0 bridgehead atoms. The first kappa shape index (κ1) is 52.6. The van der Waals surface area contributed by atoms with E-state index in [4.69, 9.17) is 14.2 Å². The Kier molecular flexibility index (Phi) is 18.8. The van der Waals surface area contributed by atoms with Crippen LogP contribution in [0.5, 0.6) is 5.75 Å². The minimum atomic E-state index is -1.27. The summed E-state index contributed by atoms with van der Waals surface area (Å²) in [6.45, 7) is 9.97. The van der Waals surface area contributed by atoms with Crippen molar-refractivity contribution in [3.05, 3.63) is 168 Å². The highest BCUT2D eigenvalue weighted by Gasteiger charge is 2.40. The van der Waals surface area contributed by atoms with Crippen LogP contribution in [0.2, 0.25) is 0 Å². The van der Waals surface area contributed by atoms with Crippen LogP contribution in [0.3, 0.4) is 0 Å². The van der Waals surface area contributed by atoms with Gasteiger partial charge in [-0.2, -0.15) is 0 Å². The van der Waals surface area contributed by atoms with Crippen molar-refractivity contribution in [2.75, 3.05) is 24.2 Å². The van der Waals surface area contributed by atoms with Crippen molar-refractivity contribution in [3.8, 4) is 5.75 Å². The molecule has 5 aromatic carbocycles. The van der Waals surface area contributed by atoms with Gasteiger partial charge in [0.1, 0.15) is 29.0 Å². The van der Waals surface area contributed by atoms with E-state index in [0.29, 0.717) is 17.7 Å². The molecule has 0 aliphatic carbocycles. The largest absolute Gasteiger partial charge is 0.480 e. The van der Waals surface area contributed by atoms with Gasteiger partial charge in [0, 0.05) is 31.0 Å². The molecular weight excluding hydrogens is 899 g/mol. The third kappa shape index (κ3) is 16.5. The lowest BCUT2D eigenvalue weighted by atomic mass is 9.84. The maximum Gasteiger partial charge on any atom is 0.412 e. The van der Waals surface area contributed by atoms with Crippen molar-refractivity contribution in [3.63, 3.8) is 0 Å². The predicted molar refractivity (Wildman–Crippen MR) is 266 cm³/mol. The summed E-state index contributed by atoms with van der Waals surface area (Å²) in [5, 5.41) is 20.6. The van der Waals surface area contributed by atoms with Crippen molar-refractivity contribution < 1.29 is 48.1 Å². The summed E-state index contributed by atoms with van der Waals surface area (Å²) in [6, 6.07) is 41.7. The Morgan fingerprint density at radius 2 is 1.13 bits per heavy atom. The van der Waals surface area contributed by atoms with Gasteiger partial charge >= 0.3 is 24.2 Å². The van der Waals surface area contributed by atoms with E-state index >= 15 is 0 Å². The second kappa shape index (κ2) is 24.6. The molecule has 0 aromatic heterocycles. The van der Waals surface area contributed by atoms with Crippen molar-refractivity contribution >= 4 is 54.0 Å². The van der Waals surface area contributed by atoms with Crippen LogP contribution in [0.15, 0.2) is 146 Å². The van der Waals surface area contributed by atoms with Gasteiger partial charge in [0.25, 0.3) is 0 Å². The van der Waals surface area contributed by atoms with Gasteiger partial charge in [0.15, 0.2) is 0 Å². The number of nitrogens with one attached hydrogen (secondary N) is 4. The molecule has 16 heteroatoms. The predicted octanol–water partition coefficient (Wildman–Crippen LogP) is 8.77. The van der Waals surface area contributed by atoms with Crippen molar-refractivity contribution in [2.45, 2.75) is 88.5 Å². The molecule has 3 atom stereocenters. The molecule has 0 fully saturated rings. The van der Waals surface area contributed by atoms with E-state index in [1.807, 2.05) is 97.1 Å². The minimum Gasteiger partial charge on any atom is -0.480 e. The highest BCUT2D eigenvalue weighted by atomic mass is 32.2. The van der Waals surface area contributed by atoms with Gasteiger partial charge in [0.2, 0.25) is 12.3 Å². The van der Waals surface area contributed by atoms with Crippen LogP contribution in [0, 0.1) is 0 Å². The molecule has 364 valence electrons. The zero-order valence-electron chi connectivity index (χ0n) is 39.7. The van der Waals surface area contributed by atoms with E-state index in [0.717, 1.165) is 16.7 Å². The summed E-state index contributed by atoms with van der Waals surface area (Å²) in [4.78, 5) is 79.7. The highest BCUT2D eigenvalue weighted by molar-refractivity contribution is 8.00. The zero-order valence-corrected chi connectivity index (χ0v) is 40.5. The quantitative estimate of drug-likeness (QED) is 0.0348. The first-order valence-electron chi connectivity index (χ1n) is 22.5. The number of carbonyl (C=O) groups excluding carboxylic acids is 5. The summed E-state index contributed by atoms with van der Waals surface area (Å²) in [5.41, 5.74) is 2.29. The number of anilines is 1. The Morgan fingerprint density at radius 1 is 0.652 bits per heavy atom. The van der Waals surface area contributed by atoms with Gasteiger partial charge in [-0.05, 0) is 94.5 Å². The number of carboxylic acids is 1. The zero-order chi connectivity index (χ0) is 50.0. The Bertz CT molecular complexity index is 2350.